The highest BCUT2D eigenvalue weighted by molar-refractivity contribution is 5.94. The minimum Gasteiger partial charge on any atom is -0.308 e. The quantitative estimate of drug-likeness (QED) is 0.656. The number of nitrogens with zero attached hydrogens (tertiary/aromatic N) is 1. The summed E-state index contributed by atoms with van der Waals surface area (Å²) in [7, 11) is 0. The van der Waals surface area contributed by atoms with E-state index < -0.39 is 0 Å². The number of amides is 1. The molecule has 0 aliphatic heterocycles. The van der Waals surface area contributed by atoms with Crippen LogP contribution >= 0.6 is 0 Å². The molecule has 3 N–H and O–H groups in total. The summed E-state index contributed by atoms with van der Waals surface area (Å²) in [5, 5.41) is 13.3. The van der Waals surface area contributed by atoms with Gasteiger partial charge in [0, 0.05) is 6.07 Å². The molecule has 0 bridgehead atoms. The summed E-state index contributed by atoms with van der Waals surface area (Å²) in [5.41, 5.74) is 1.94. The second-order valence-corrected chi connectivity index (χ2v) is 5.29. The molecule has 0 spiro atoms. The van der Waals surface area contributed by atoms with Crippen LogP contribution < -0.4 is 10.6 Å². The van der Waals surface area contributed by atoms with Gasteiger partial charge in [-0.25, -0.2) is 0 Å². The fourth-order valence-corrected chi connectivity index (χ4v) is 2.24. The van der Waals surface area contributed by atoms with Crippen LogP contribution in [0.3, 0.4) is 0 Å². The van der Waals surface area contributed by atoms with Crippen LogP contribution in [0.5, 0.6) is 0 Å². The van der Waals surface area contributed by atoms with Gasteiger partial charge < -0.3 is 10.6 Å². The Labute approximate surface area is 131 Å². The lowest BCUT2D eigenvalue weighted by Crippen LogP contribution is -2.40. The normalized spacial score (nSPS) is 12.1. The van der Waals surface area contributed by atoms with E-state index in [9.17, 15) is 4.79 Å². The first-order chi connectivity index (χ1) is 10.7. The number of aromatic amines is 1. The van der Waals surface area contributed by atoms with Crippen molar-refractivity contribution in [1.82, 2.24) is 15.5 Å². The van der Waals surface area contributed by atoms with Gasteiger partial charge in [-0.15, -0.1) is 0 Å². The molecular formula is C17H24N4O. The van der Waals surface area contributed by atoms with Crippen molar-refractivity contribution in [2.24, 2.45) is 0 Å². The van der Waals surface area contributed by atoms with Crippen molar-refractivity contribution in [1.29, 1.82) is 0 Å². The zero-order valence-electron chi connectivity index (χ0n) is 13.2. The van der Waals surface area contributed by atoms with Crippen LogP contribution in [0.4, 0.5) is 5.82 Å². The minimum atomic E-state index is -0.177. The molecule has 5 nitrogen and oxygen atoms in total. The number of nitrogens with one attached hydrogen (secondary N) is 3. The maximum absolute atomic E-state index is 12.3. The Morgan fingerprint density at radius 3 is 2.73 bits per heavy atom. The lowest BCUT2D eigenvalue weighted by molar-refractivity contribution is -0.118. The number of rotatable bonds is 8. The van der Waals surface area contributed by atoms with Gasteiger partial charge in [0.25, 0.3) is 0 Å². The molecule has 0 saturated carbocycles. The van der Waals surface area contributed by atoms with Crippen LogP contribution in [0.15, 0.2) is 36.4 Å². The largest absolute Gasteiger partial charge is 0.308 e. The highest BCUT2D eigenvalue weighted by Crippen LogP contribution is 2.19. The fraction of sp³-hybridized carbons (Fsp3) is 0.412. The Bertz CT molecular complexity index is 579. The molecular weight excluding hydrogens is 276 g/mol. The molecule has 0 saturated heterocycles. The molecule has 0 radical (unpaired) electrons. The smallest absolute Gasteiger partial charge is 0.242 e. The molecule has 5 heteroatoms. The van der Waals surface area contributed by atoms with E-state index in [1.807, 2.05) is 43.3 Å². The second-order valence-electron chi connectivity index (χ2n) is 5.29. The summed E-state index contributed by atoms with van der Waals surface area (Å²) in [4.78, 5) is 12.3. The molecule has 1 amide bonds. The number of unbranched alkanes of at least 4 members (excludes halogenated alkanes) is 1. The van der Waals surface area contributed by atoms with Gasteiger partial charge in [0.2, 0.25) is 5.91 Å². The molecule has 0 aliphatic rings. The molecule has 0 fully saturated rings. The summed E-state index contributed by atoms with van der Waals surface area (Å²) in [6.45, 7) is 5.00. The van der Waals surface area contributed by atoms with Gasteiger partial charge in [-0.05, 0) is 24.9 Å². The molecule has 1 aromatic carbocycles. The standard InChI is InChI=1S/C17H24N4O/c1-3-5-11-18-14(4-2)17(22)19-16-12-15(20-21-16)13-9-7-6-8-10-13/h6-10,12,14,18H,3-5,11H2,1-2H3,(H2,19,20,21,22). The monoisotopic (exact) mass is 300 g/mol. The van der Waals surface area contributed by atoms with Gasteiger partial charge in [-0.3, -0.25) is 9.89 Å². The van der Waals surface area contributed by atoms with Crippen LogP contribution in [-0.2, 0) is 4.79 Å². The maximum atomic E-state index is 12.3. The Balaban J connectivity index is 1.95. The molecule has 22 heavy (non-hydrogen) atoms. The van der Waals surface area contributed by atoms with E-state index in [0.717, 1.165) is 37.1 Å². The van der Waals surface area contributed by atoms with Gasteiger partial charge in [0.1, 0.15) is 0 Å². The summed E-state index contributed by atoms with van der Waals surface area (Å²) in [6.07, 6.45) is 2.95. The summed E-state index contributed by atoms with van der Waals surface area (Å²) >= 11 is 0. The average Bonchev–Trinajstić information content (AvgIpc) is 3.01. The van der Waals surface area contributed by atoms with E-state index in [2.05, 4.69) is 27.8 Å². The third-order valence-electron chi connectivity index (χ3n) is 3.56. The number of H-pyrrole nitrogens is 1. The first-order valence-electron chi connectivity index (χ1n) is 7.89. The predicted octanol–water partition coefficient (Wildman–Crippen LogP) is 3.18. The van der Waals surface area contributed by atoms with Crippen LogP contribution in [-0.4, -0.2) is 28.7 Å². The molecule has 118 valence electrons. The summed E-state index contributed by atoms with van der Waals surface area (Å²) in [6, 6.07) is 11.6. The number of carbonyl (C=O) groups excluding carboxylic acids is 1. The first-order valence-corrected chi connectivity index (χ1v) is 7.89. The van der Waals surface area contributed by atoms with Crippen LogP contribution in [0.2, 0.25) is 0 Å². The van der Waals surface area contributed by atoms with Crippen molar-refractivity contribution in [2.45, 2.75) is 39.2 Å². The molecule has 2 rings (SSSR count). The average molecular weight is 300 g/mol. The van der Waals surface area contributed by atoms with Crippen molar-refractivity contribution in [3.05, 3.63) is 36.4 Å². The molecule has 1 heterocycles. The van der Waals surface area contributed by atoms with Crippen molar-refractivity contribution in [3.63, 3.8) is 0 Å². The second kappa shape index (κ2) is 8.34. The van der Waals surface area contributed by atoms with E-state index in [4.69, 9.17) is 0 Å². The summed E-state index contributed by atoms with van der Waals surface area (Å²) in [5.74, 6) is 0.518. The van der Waals surface area contributed by atoms with E-state index in [0.29, 0.717) is 5.82 Å². The number of anilines is 1. The Morgan fingerprint density at radius 2 is 2.05 bits per heavy atom. The number of hydrogen-bond donors (Lipinski definition) is 3. The highest BCUT2D eigenvalue weighted by Gasteiger charge is 2.16. The maximum Gasteiger partial charge on any atom is 0.242 e. The zero-order chi connectivity index (χ0) is 15.8. The van der Waals surface area contributed by atoms with Crippen molar-refractivity contribution >= 4 is 11.7 Å². The first kappa shape index (κ1) is 16.2. The predicted molar refractivity (Wildman–Crippen MR) is 89.6 cm³/mol. The van der Waals surface area contributed by atoms with E-state index in [1.165, 1.54) is 0 Å². The highest BCUT2D eigenvalue weighted by atomic mass is 16.2. The lowest BCUT2D eigenvalue weighted by atomic mass is 10.1. The zero-order valence-corrected chi connectivity index (χ0v) is 13.2. The Kier molecular flexibility index (Phi) is 6.15. The topological polar surface area (TPSA) is 69.8 Å². The number of aromatic nitrogens is 2. The Hall–Kier alpha value is -2.14. The van der Waals surface area contributed by atoms with Gasteiger partial charge in [-0.1, -0.05) is 50.6 Å². The van der Waals surface area contributed by atoms with Crippen LogP contribution in [0.1, 0.15) is 33.1 Å². The summed E-state index contributed by atoms with van der Waals surface area (Å²) < 4.78 is 0. The SMILES string of the molecule is CCCCNC(CC)C(=O)Nc1cc(-c2ccccc2)[nH]n1. The van der Waals surface area contributed by atoms with E-state index in [-0.39, 0.29) is 11.9 Å². The number of hydrogen-bond acceptors (Lipinski definition) is 3. The number of benzene rings is 1. The molecule has 1 aromatic heterocycles. The van der Waals surface area contributed by atoms with Crippen molar-refractivity contribution < 1.29 is 4.79 Å². The Morgan fingerprint density at radius 1 is 1.27 bits per heavy atom. The van der Waals surface area contributed by atoms with Crippen LogP contribution in [0, 0.1) is 0 Å². The minimum absolute atomic E-state index is 0.0373. The third-order valence-corrected chi connectivity index (χ3v) is 3.56. The molecule has 1 atom stereocenters. The lowest BCUT2D eigenvalue weighted by Gasteiger charge is -2.15. The molecule has 2 aromatic rings. The van der Waals surface area contributed by atoms with Gasteiger partial charge in [-0.2, -0.15) is 5.10 Å². The van der Waals surface area contributed by atoms with Crippen LogP contribution in [0.25, 0.3) is 11.3 Å². The van der Waals surface area contributed by atoms with E-state index >= 15 is 0 Å². The van der Waals surface area contributed by atoms with Crippen molar-refractivity contribution in [3.8, 4) is 11.3 Å². The number of carbonyl (C=O) groups is 1. The van der Waals surface area contributed by atoms with E-state index in [1.54, 1.807) is 0 Å². The molecule has 0 aliphatic carbocycles. The van der Waals surface area contributed by atoms with Gasteiger partial charge in [0.15, 0.2) is 5.82 Å². The third kappa shape index (κ3) is 4.43. The van der Waals surface area contributed by atoms with Gasteiger partial charge in [0.05, 0.1) is 11.7 Å². The van der Waals surface area contributed by atoms with Crippen molar-refractivity contribution in [2.75, 3.05) is 11.9 Å². The fourth-order valence-electron chi connectivity index (χ4n) is 2.24. The molecule has 1 unspecified atom stereocenters. The van der Waals surface area contributed by atoms with Gasteiger partial charge >= 0.3 is 0 Å².